The van der Waals surface area contributed by atoms with Crippen LogP contribution in [0.25, 0.3) is 0 Å². The molecule has 150 valence electrons. The number of carbonyl (C=O) groups is 1. The van der Waals surface area contributed by atoms with Gasteiger partial charge in [0.1, 0.15) is 24.4 Å². The van der Waals surface area contributed by atoms with E-state index in [1.54, 1.807) is 4.90 Å². The minimum Gasteiger partial charge on any atom is -0.447 e. The first-order chi connectivity index (χ1) is 13.4. The number of aliphatic hydroxyl groups excluding tert-OH is 2. The van der Waals surface area contributed by atoms with Crippen LogP contribution in [0.4, 0.5) is 4.79 Å². The van der Waals surface area contributed by atoms with E-state index in [1.165, 1.54) is 6.92 Å². The van der Waals surface area contributed by atoms with Gasteiger partial charge in [-0.05, 0) is 18.1 Å². The van der Waals surface area contributed by atoms with Crippen molar-refractivity contribution in [1.82, 2.24) is 4.90 Å². The summed E-state index contributed by atoms with van der Waals surface area (Å²) in [5, 5.41) is 29.7. The summed E-state index contributed by atoms with van der Waals surface area (Å²) in [4.78, 5) is 14.2. The number of nitrogens with zero attached hydrogens (tertiary/aromatic N) is 1. The van der Waals surface area contributed by atoms with Crippen molar-refractivity contribution in [2.45, 2.75) is 44.1 Å². The molecule has 7 nitrogen and oxygen atoms in total. The molecule has 1 fully saturated rings. The summed E-state index contributed by atoms with van der Waals surface area (Å²) in [5.41, 5.74) is 0.0851. The van der Waals surface area contributed by atoms with Crippen LogP contribution in [0.5, 0.6) is 0 Å². The number of benzene rings is 2. The summed E-state index contributed by atoms with van der Waals surface area (Å²) in [5.74, 6) is 0. The zero-order chi connectivity index (χ0) is 20.1. The Balaban J connectivity index is 1.66. The lowest BCUT2D eigenvalue weighted by atomic mass is 9.98. The van der Waals surface area contributed by atoms with Gasteiger partial charge < -0.3 is 24.8 Å². The smallest absolute Gasteiger partial charge is 0.410 e. The van der Waals surface area contributed by atoms with E-state index >= 15 is 0 Å². The standard InChI is InChI=1S/C21H25NO6/c1-21(26)18(23)17(28-19(21)24)14-27-20(25)22(12-15-8-4-2-5-9-15)13-16-10-6-3-7-11-16/h2-11,17-19,23-24,26H,12-14H2,1H3/t17-,18-,19-,21+/m1/s1. The van der Waals surface area contributed by atoms with Gasteiger partial charge in [0.15, 0.2) is 6.29 Å². The molecule has 0 aromatic heterocycles. The molecule has 2 aromatic carbocycles. The van der Waals surface area contributed by atoms with Crippen LogP contribution in [0.2, 0.25) is 0 Å². The molecule has 1 heterocycles. The molecular formula is C21H25NO6. The molecule has 0 radical (unpaired) electrons. The van der Waals surface area contributed by atoms with E-state index in [1.807, 2.05) is 60.7 Å². The highest BCUT2D eigenvalue weighted by Crippen LogP contribution is 2.29. The molecule has 0 unspecified atom stereocenters. The molecule has 3 N–H and O–H groups in total. The molecular weight excluding hydrogens is 362 g/mol. The SMILES string of the molecule is C[C@@]1(O)[C@H](O)O[C@H](COC(=O)N(Cc2ccccc2)Cc2ccccc2)[C@H]1O. The van der Waals surface area contributed by atoms with Crippen molar-refractivity contribution in [3.8, 4) is 0 Å². The molecule has 0 aliphatic carbocycles. The molecule has 1 aliphatic heterocycles. The second-order valence-electron chi connectivity index (χ2n) is 7.10. The molecule has 3 rings (SSSR count). The van der Waals surface area contributed by atoms with Crippen LogP contribution in [0.3, 0.4) is 0 Å². The number of hydrogen-bond donors (Lipinski definition) is 3. The van der Waals surface area contributed by atoms with E-state index in [-0.39, 0.29) is 6.61 Å². The number of amides is 1. The second-order valence-corrected chi connectivity index (χ2v) is 7.10. The van der Waals surface area contributed by atoms with Crippen LogP contribution in [-0.4, -0.2) is 57.0 Å². The van der Waals surface area contributed by atoms with Crippen molar-refractivity contribution in [2.24, 2.45) is 0 Å². The third kappa shape index (κ3) is 4.69. The van der Waals surface area contributed by atoms with Gasteiger partial charge in [0, 0.05) is 13.1 Å². The lowest BCUT2D eigenvalue weighted by Crippen LogP contribution is -2.46. The molecule has 1 aliphatic rings. The third-order valence-corrected chi connectivity index (χ3v) is 4.82. The fourth-order valence-corrected chi connectivity index (χ4v) is 3.07. The molecule has 2 aromatic rings. The minimum absolute atomic E-state index is 0.284. The van der Waals surface area contributed by atoms with Gasteiger partial charge in [-0.1, -0.05) is 60.7 Å². The van der Waals surface area contributed by atoms with Crippen LogP contribution in [0.15, 0.2) is 60.7 Å². The van der Waals surface area contributed by atoms with E-state index in [0.717, 1.165) is 11.1 Å². The Morgan fingerprint density at radius 3 is 1.96 bits per heavy atom. The van der Waals surface area contributed by atoms with E-state index in [0.29, 0.717) is 13.1 Å². The largest absolute Gasteiger partial charge is 0.447 e. The average molecular weight is 387 g/mol. The number of carbonyl (C=O) groups excluding carboxylic acids is 1. The Labute approximate surface area is 163 Å². The lowest BCUT2D eigenvalue weighted by Gasteiger charge is -2.25. The van der Waals surface area contributed by atoms with Gasteiger partial charge in [0.05, 0.1) is 0 Å². The van der Waals surface area contributed by atoms with Crippen molar-refractivity contribution in [3.63, 3.8) is 0 Å². The number of rotatable bonds is 6. The molecule has 1 saturated heterocycles. The van der Waals surface area contributed by atoms with Crippen molar-refractivity contribution in [3.05, 3.63) is 71.8 Å². The highest BCUT2D eigenvalue weighted by atomic mass is 16.7. The summed E-state index contributed by atoms with van der Waals surface area (Å²) in [6.45, 7) is 1.68. The number of aliphatic hydroxyl groups is 3. The maximum atomic E-state index is 12.7. The van der Waals surface area contributed by atoms with Crippen molar-refractivity contribution >= 4 is 6.09 Å². The molecule has 1 amide bonds. The first-order valence-corrected chi connectivity index (χ1v) is 9.11. The monoisotopic (exact) mass is 387 g/mol. The van der Waals surface area contributed by atoms with Crippen LogP contribution >= 0.6 is 0 Å². The Kier molecular flexibility index (Phi) is 6.31. The normalized spacial score (nSPS) is 26.8. The van der Waals surface area contributed by atoms with E-state index in [4.69, 9.17) is 9.47 Å². The first-order valence-electron chi connectivity index (χ1n) is 9.11. The van der Waals surface area contributed by atoms with Gasteiger partial charge in [-0.2, -0.15) is 0 Å². The van der Waals surface area contributed by atoms with Crippen molar-refractivity contribution in [1.29, 1.82) is 0 Å². The topological polar surface area (TPSA) is 99.5 Å². The van der Waals surface area contributed by atoms with Gasteiger partial charge in [-0.25, -0.2) is 4.79 Å². The Morgan fingerprint density at radius 1 is 1.04 bits per heavy atom. The van der Waals surface area contributed by atoms with Gasteiger partial charge in [0.25, 0.3) is 0 Å². The summed E-state index contributed by atoms with van der Waals surface area (Å²) < 4.78 is 10.4. The van der Waals surface area contributed by atoms with Crippen molar-refractivity contribution < 1.29 is 29.6 Å². The van der Waals surface area contributed by atoms with Crippen molar-refractivity contribution in [2.75, 3.05) is 6.61 Å². The molecule has 0 spiro atoms. The van der Waals surface area contributed by atoms with Gasteiger partial charge in [0.2, 0.25) is 0 Å². The Hall–Kier alpha value is -2.45. The average Bonchev–Trinajstić information content (AvgIpc) is 2.89. The predicted molar refractivity (Wildman–Crippen MR) is 101 cm³/mol. The third-order valence-electron chi connectivity index (χ3n) is 4.82. The van der Waals surface area contributed by atoms with E-state index in [2.05, 4.69) is 0 Å². The van der Waals surface area contributed by atoms with Gasteiger partial charge in [-0.15, -0.1) is 0 Å². The van der Waals surface area contributed by atoms with Crippen LogP contribution < -0.4 is 0 Å². The second kappa shape index (κ2) is 8.70. The van der Waals surface area contributed by atoms with Crippen LogP contribution in [-0.2, 0) is 22.6 Å². The predicted octanol–water partition coefficient (Wildman–Crippen LogP) is 1.65. The minimum atomic E-state index is -1.81. The molecule has 0 bridgehead atoms. The lowest BCUT2D eigenvalue weighted by molar-refractivity contribution is -0.169. The summed E-state index contributed by atoms with van der Waals surface area (Å²) in [6, 6.07) is 19.1. The zero-order valence-corrected chi connectivity index (χ0v) is 15.6. The van der Waals surface area contributed by atoms with Crippen LogP contribution in [0, 0.1) is 0 Å². The number of ether oxygens (including phenoxy) is 2. The van der Waals surface area contributed by atoms with E-state index < -0.39 is 30.2 Å². The van der Waals surface area contributed by atoms with Gasteiger partial charge >= 0.3 is 6.09 Å². The highest BCUT2D eigenvalue weighted by Gasteiger charge is 2.52. The fraction of sp³-hybridized carbons (Fsp3) is 0.381. The quantitative estimate of drug-likeness (QED) is 0.697. The first kappa shape index (κ1) is 20.3. The van der Waals surface area contributed by atoms with Crippen LogP contribution in [0.1, 0.15) is 18.1 Å². The summed E-state index contributed by atoms with van der Waals surface area (Å²) >= 11 is 0. The summed E-state index contributed by atoms with van der Waals surface area (Å²) in [6.07, 6.45) is -4.50. The fourth-order valence-electron chi connectivity index (χ4n) is 3.07. The van der Waals surface area contributed by atoms with E-state index in [9.17, 15) is 20.1 Å². The summed E-state index contributed by atoms with van der Waals surface area (Å²) in [7, 11) is 0. The molecule has 4 atom stereocenters. The molecule has 28 heavy (non-hydrogen) atoms. The maximum absolute atomic E-state index is 12.7. The van der Waals surface area contributed by atoms with Gasteiger partial charge in [-0.3, -0.25) is 4.90 Å². The maximum Gasteiger partial charge on any atom is 0.410 e. The zero-order valence-electron chi connectivity index (χ0n) is 15.6. The molecule has 7 heteroatoms. The molecule has 0 saturated carbocycles. The Morgan fingerprint density at radius 2 is 1.54 bits per heavy atom. The highest BCUT2D eigenvalue weighted by molar-refractivity contribution is 5.67. The Bertz CT molecular complexity index is 725. The number of hydrogen-bond acceptors (Lipinski definition) is 6.